The van der Waals surface area contributed by atoms with Gasteiger partial charge in [0.1, 0.15) is 0 Å². The van der Waals surface area contributed by atoms with Gasteiger partial charge in [0, 0.05) is 31.7 Å². The molecule has 1 aromatic carbocycles. The standard InChI is InChI=1S/C21H35N5.HI/c1-3-19(26-13-11-17-8-5-6-9-18(17)16-26)14-23-21(22)24-15-20-10-7-12-25(20)4-2;/h5-6,8-9,19-20H,3-4,7,10-16H2,1-2H3,(H3,22,23,24);1H. The molecule has 2 aliphatic rings. The van der Waals surface area contributed by atoms with Crippen molar-refractivity contribution in [1.29, 1.82) is 0 Å². The van der Waals surface area contributed by atoms with Crippen LogP contribution in [0.3, 0.4) is 0 Å². The highest BCUT2D eigenvalue weighted by molar-refractivity contribution is 14.0. The lowest BCUT2D eigenvalue weighted by molar-refractivity contribution is 0.178. The summed E-state index contributed by atoms with van der Waals surface area (Å²) in [7, 11) is 0. The molecule has 0 amide bonds. The van der Waals surface area contributed by atoms with Gasteiger partial charge < -0.3 is 11.1 Å². The number of hydrogen-bond donors (Lipinski definition) is 2. The fraction of sp³-hybridized carbons (Fsp3) is 0.667. The van der Waals surface area contributed by atoms with Crippen LogP contribution in [0.4, 0.5) is 0 Å². The Kier molecular flexibility index (Phi) is 9.32. The summed E-state index contributed by atoms with van der Waals surface area (Å²) in [6.45, 7) is 10.7. The van der Waals surface area contributed by atoms with Gasteiger partial charge in [0.25, 0.3) is 0 Å². The third-order valence-electron chi connectivity index (χ3n) is 6.04. The van der Waals surface area contributed by atoms with Crippen molar-refractivity contribution in [2.24, 2.45) is 10.7 Å². The first-order valence-electron chi connectivity index (χ1n) is 10.3. The van der Waals surface area contributed by atoms with Gasteiger partial charge in [-0.1, -0.05) is 38.1 Å². The van der Waals surface area contributed by atoms with Crippen LogP contribution in [0.1, 0.15) is 44.2 Å². The van der Waals surface area contributed by atoms with E-state index in [2.05, 4.69) is 58.2 Å². The number of hydrogen-bond acceptors (Lipinski definition) is 3. The second-order valence-corrected chi connectivity index (χ2v) is 7.58. The first-order chi connectivity index (χ1) is 12.7. The molecular formula is C21H36IN5. The molecule has 1 aromatic rings. The molecule has 0 aliphatic carbocycles. The highest BCUT2D eigenvalue weighted by Crippen LogP contribution is 2.21. The summed E-state index contributed by atoms with van der Waals surface area (Å²) in [5, 5.41) is 3.35. The van der Waals surface area contributed by atoms with Crippen LogP contribution in [0.2, 0.25) is 0 Å². The molecule has 0 radical (unpaired) electrons. The fourth-order valence-corrected chi connectivity index (χ4v) is 4.36. The van der Waals surface area contributed by atoms with Gasteiger partial charge in [-0.2, -0.15) is 0 Å². The van der Waals surface area contributed by atoms with E-state index in [1.165, 1.54) is 30.5 Å². The molecule has 27 heavy (non-hydrogen) atoms. The number of likely N-dealkylation sites (tertiary alicyclic amines) is 1. The largest absolute Gasteiger partial charge is 0.370 e. The summed E-state index contributed by atoms with van der Waals surface area (Å²) in [6, 6.07) is 9.88. The number of rotatable bonds is 7. The van der Waals surface area contributed by atoms with Crippen LogP contribution < -0.4 is 11.1 Å². The molecular weight excluding hydrogens is 449 g/mol. The molecule has 6 heteroatoms. The highest BCUT2D eigenvalue weighted by Gasteiger charge is 2.23. The Morgan fingerprint density at radius 2 is 2.04 bits per heavy atom. The van der Waals surface area contributed by atoms with Crippen LogP contribution >= 0.6 is 24.0 Å². The number of halogens is 1. The van der Waals surface area contributed by atoms with Crippen molar-refractivity contribution >= 4 is 29.9 Å². The minimum atomic E-state index is 0. The van der Waals surface area contributed by atoms with Crippen molar-refractivity contribution in [1.82, 2.24) is 15.1 Å². The quantitative estimate of drug-likeness (QED) is 0.355. The van der Waals surface area contributed by atoms with Gasteiger partial charge in [-0.3, -0.25) is 14.8 Å². The van der Waals surface area contributed by atoms with E-state index >= 15 is 0 Å². The molecule has 0 bridgehead atoms. The summed E-state index contributed by atoms with van der Waals surface area (Å²) in [5.41, 5.74) is 9.12. The second-order valence-electron chi connectivity index (χ2n) is 7.58. The SMILES string of the molecule is CCC(CN=C(N)NCC1CCCN1CC)N1CCc2ccccc2C1.I. The zero-order chi connectivity index (χ0) is 18.4. The molecule has 2 aliphatic heterocycles. The summed E-state index contributed by atoms with van der Waals surface area (Å²) in [4.78, 5) is 9.75. The predicted octanol–water partition coefficient (Wildman–Crippen LogP) is 2.83. The van der Waals surface area contributed by atoms with Gasteiger partial charge in [0.15, 0.2) is 5.96 Å². The molecule has 3 N–H and O–H groups in total. The molecule has 2 heterocycles. The fourth-order valence-electron chi connectivity index (χ4n) is 4.36. The first kappa shape index (κ1) is 22.4. The van der Waals surface area contributed by atoms with Crippen molar-refractivity contribution in [3.05, 3.63) is 35.4 Å². The molecule has 3 rings (SSSR count). The minimum Gasteiger partial charge on any atom is -0.370 e. The maximum atomic E-state index is 6.15. The maximum absolute atomic E-state index is 6.15. The van der Waals surface area contributed by atoms with Crippen molar-refractivity contribution in [3.8, 4) is 0 Å². The number of aliphatic imine (C=N–C) groups is 1. The van der Waals surface area contributed by atoms with Crippen molar-refractivity contribution in [3.63, 3.8) is 0 Å². The van der Waals surface area contributed by atoms with Crippen molar-refractivity contribution in [2.45, 2.75) is 58.2 Å². The molecule has 1 saturated heterocycles. The second kappa shape index (κ2) is 11.2. The van der Waals surface area contributed by atoms with Gasteiger partial charge in [-0.05, 0) is 49.9 Å². The van der Waals surface area contributed by atoms with E-state index in [4.69, 9.17) is 5.73 Å². The third kappa shape index (κ3) is 6.06. The molecule has 0 aromatic heterocycles. The lowest BCUT2D eigenvalue weighted by Gasteiger charge is -2.34. The average molecular weight is 485 g/mol. The number of benzene rings is 1. The predicted molar refractivity (Wildman–Crippen MR) is 125 cm³/mol. The monoisotopic (exact) mass is 485 g/mol. The van der Waals surface area contributed by atoms with Gasteiger partial charge in [-0.25, -0.2) is 0 Å². The Labute approximate surface area is 181 Å². The van der Waals surface area contributed by atoms with Crippen LogP contribution in [0, 0.1) is 0 Å². The van der Waals surface area contributed by atoms with E-state index in [0.717, 1.165) is 45.6 Å². The van der Waals surface area contributed by atoms with Crippen LogP contribution in [0.5, 0.6) is 0 Å². The number of likely N-dealkylation sites (N-methyl/N-ethyl adjacent to an activating group) is 1. The van der Waals surface area contributed by atoms with Crippen LogP contribution in [0.25, 0.3) is 0 Å². The van der Waals surface area contributed by atoms with E-state index in [9.17, 15) is 0 Å². The van der Waals surface area contributed by atoms with Gasteiger partial charge >= 0.3 is 0 Å². The average Bonchev–Trinajstić information content (AvgIpc) is 3.14. The Morgan fingerprint density at radius 3 is 2.78 bits per heavy atom. The van der Waals surface area contributed by atoms with Gasteiger partial charge in [0.05, 0.1) is 6.54 Å². The summed E-state index contributed by atoms with van der Waals surface area (Å²) >= 11 is 0. The number of nitrogens with two attached hydrogens (primary N) is 1. The third-order valence-corrected chi connectivity index (χ3v) is 6.04. The molecule has 5 nitrogen and oxygen atoms in total. The van der Waals surface area contributed by atoms with Gasteiger partial charge in [0.2, 0.25) is 0 Å². The van der Waals surface area contributed by atoms with Crippen LogP contribution in [-0.2, 0) is 13.0 Å². The summed E-state index contributed by atoms with van der Waals surface area (Å²) < 4.78 is 0. The van der Waals surface area contributed by atoms with Crippen LogP contribution in [0.15, 0.2) is 29.3 Å². The Hall–Kier alpha value is -0.860. The Balaban J connectivity index is 0.00000261. The maximum Gasteiger partial charge on any atom is 0.188 e. The number of guanidine groups is 1. The lowest BCUT2D eigenvalue weighted by Crippen LogP contribution is -2.44. The topological polar surface area (TPSA) is 56.9 Å². The van der Waals surface area contributed by atoms with Crippen molar-refractivity contribution < 1.29 is 0 Å². The lowest BCUT2D eigenvalue weighted by atomic mass is 9.98. The molecule has 152 valence electrons. The number of nitrogens with one attached hydrogen (secondary N) is 1. The van der Waals surface area contributed by atoms with E-state index in [0.29, 0.717) is 18.0 Å². The van der Waals surface area contributed by atoms with Gasteiger partial charge in [-0.15, -0.1) is 24.0 Å². The van der Waals surface area contributed by atoms with E-state index < -0.39 is 0 Å². The number of fused-ring (bicyclic) bond motifs is 1. The molecule has 2 unspecified atom stereocenters. The normalized spacial score (nSPS) is 22.1. The Morgan fingerprint density at radius 1 is 1.26 bits per heavy atom. The smallest absolute Gasteiger partial charge is 0.188 e. The van der Waals surface area contributed by atoms with E-state index in [-0.39, 0.29) is 24.0 Å². The van der Waals surface area contributed by atoms with Crippen LogP contribution in [-0.4, -0.2) is 60.6 Å². The highest BCUT2D eigenvalue weighted by atomic mass is 127. The summed E-state index contributed by atoms with van der Waals surface area (Å²) in [5.74, 6) is 0.601. The first-order valence-corrected chi connectivity index (χ1v) is 10.3. The minimum absolute atomic E-state index is 0. The molecule has 1 fully saturated rings. The molecule has 2 atom stereocenters. The van der Waals surface area contributed by atoms with E-state index in [1.807, 2.05) is 0 Å². The number of nitrogens with zero attached hydrogens (tertiary/aromatic N) is 3. The van der Waals surface area contributed by atoms with Crippen molar-refractivity contribution in [2.75, 3.05) is 32.7 Å². The summed E-state index contributed by atoms with van der Waals surface area (Å²) in [6.07, 6.45) is 4.80. The zero-order valence-corrected chi connectivity index (χ0v) is 19.2. The van der Waals surface area contributed by atoms with E-state index in [1.54, 1.807) is 0 Å². The zero-order valence-electron chi connectivity index (χ0n) is 16.9. The molecule has 0 saturated carbocycles. The molecule has 0 spiro atoms. The Bertz CT molecular complexity index is 606.